The molecule has 0 fully saturated rings. The Morgan fingerprint density at radius 1 is 0.385 bits per heavy atom. The molecule has 0 N–H and O–H groups in total. The molecular weight excluding hydrogens is 789 g/mol. The predicted octanol–water partition coefficient (Wildman–Crippen LogP) is 14.7. The van der Waals surface area contributed by atoms with Crippen LogP contribution in [0.4, 0.5) is 0 Å². The molecule has 0 aliphatic heterocycles. The van der Waals surface area contributed by atoms with E-state index in [9.17, 15) is 0 Å². The van der Waals surface area contributed by atoms with Gasteiger partial charge in [0.2, 0.25) is 0 Å². The van der Waals surface area contributed by atoms with Crippen LogP contribution in [0.1, 0.15) is 47.2 Å². The third-order valence-corrected chi connectivity index (χ3v) is 13.6. The quantitative estimate of drug-likeness (QED) is 0.143. The number of para-hydroxylation sites is 1. The minimum absolute atomic E-state index is 0.0955. The predicted molar refractivity (Wildman–Crippen MR) is 266 cm³/mol. The van der Waals surface area contributed by atoms with Crippen molar-refractivity contribution in [2.75, 3.05) is 0 Å². The summed E-state index contributed by atoms with van der Waals surface area (Å²) in [5.41, 5.74) is 15.4. The van der Waals surface area contributed by atoms with E-state index in [0.29, 0.717) is 17.5 Å². The maximum atomic E-state index is 5.34. The molecule has 0 saturated heterocycles. The van der Waals surface area contributed by atoms with Gasteiger partial charge in [-0.25, -0.2) is 15.0 Å². The molecule has 4 nitrogen and oxygen atoms in total. The molecule has 65 heavy (non-hydrogen) atoms. The fourth-order valence-electron chi connectivity index (χ4n) is 10.6. The number of hydrogen-bond acceptors (Lipinski definition) is 3. The summed E-state index contributed by atoms with van der Waals surface area (Å²) in [5, 5.41) is 2.52. The van der Waals surface area contributed by atoms with Gasteiger partial charge in [0.1, 0.15) is 0 Å². The van der Waals surface area contributed by atoms with E-state index in [4.69, 9.17) is 15.0 Å². The van der Waals surface area contributed by atoms with Crippen LogP contribution in [-0.2, 0) is 10.8 Å². The van der Waals surface area contributed by atoms with Crippen molar-refractivity contribution in [2.24, 2.45) is 0 Å². The van der Waals surface area contributed by atoms with E-state index in [1.54, 1.807) is 0 Å². The molecule has 0 saturated carbocycles. The van der Waals surface area contributed by atoms with Crippen molar-refractivity contribution in [3.8, 4) is 51.0 Å². The Balaban J connectivity index is 1.05. The van der Waals surface area contributed by atoms with Crippen LogP contribution >= 0.6 is 0 Å². The lowest BCUT2D eigenvalue weighted by atomic mass is 9.65. The van der Waals surface area contributed by atoms with Gasteiger partial charge in [-0.1, -0.05) is 214 Å². The lowest BCUT2D eigenvalue weighted by molar-refractivity contribution is 0.661. The highest BCUT2D eigenvalue weighted by Gasteiger charge is 2.39. The second-order valence-electron chi connectivity index (χ2n) is 17.6. The number of hydrogen-bond donors (Lipinski definition) is 0. The summed E-state index contributed by atoms with van der Waals surface area (Å²) in [4.78, 5) is 15.8. The molecule has 308 valence electrons. The highest BCUT2D eigenvalue weighted by Crippen LogP contribution is 2.53. The molecule has 9 aromatic carbocycles. The van der Waals surface area contributed by atoms with Crippen LogP contribution in [-0.4, -0.2) is 19.5 Å². The highest BCUT2D eigenvalue weighted by atomic mass is 15.0. The first-order valence-electron chi connectivity index (χ1n) is 22.4. The summed E-state index contributed by atoms with van der Waals surface area (Å²) in [6.07, 6.45) is 0. The lowest BCUT2D eigenvalue weighted by Crippen LogP contribution is -2.31. The van der Waals surface area contributed by atoms with Crippen LogP contribution in [0.3, 0.4) is 0 Å². The van der Waals surface area contributed by atoms with Crippen molar-refractivity contribution in [1.82, 2.24) is 19.5 Å². The monoisotopic (exact) mass is 832 g/mol. The largest absolute Gasteiger partial charge is 0.309 e. The normalized spacial score (nSPS) is 12.9. The lowest BCUT2D eigenvalue weighted by Gasteiger charge is -2.37. The molecule has 2 aromatic heterocycles. The molecule has 0 bridgehead atoms. The zero-order valence-corrected chi connectivity index (χ0v) is 36.2. The van der Waals surface area contributed by atoms with E-state index in [1.165, 1.54) is 55.2 Å². The molecule has 1 aliphatic rings. The van der Waals surface area contributed by atoms with Crippen molar-refractivity contribution < 1.29 is 0 Å². The fourth-order valence-corrected chi connectivity index (χ4v) is 10.6. The summed E-state index contributed by atoms with van der Waals surface area (Å²) in [5.74, 6) is 1.84. The average molecular weight is 833 g/mol. The Labute approximate surface area is 379 Å². The van der Waals surface area contributed by atoms with Crippen molar-refractivity contribution in [1.29, 1.82) is 0 Å². The molecule has 12 rings (SSSR count). The van der Waals surface area contributed by atoms with Gasteiger partial charge in [0, 0.05) is 38.6 Å². The molecule has 0 atom stereocenters. The van der Waals surface area contributed by atoms with E-state index in [2.05, 4.69) is 231 Å². The third kappa shape index (κ3) is 6.09. The zero-order chi connectivity index (χ0) is 43.5. The van der Waals surface area contributed by atoms with Crippen LogP contribution in [0.15, 0.2) is 231 Å². The highest BCUT2D eigenvalue weighted by molar-refractivity contribution is 6.18. The Morgan fingerprint density at radius 3 is 1.52 bits per heavy atom. The first kappa shape index (κ1) is 38.5. The minimum atomic E-state index is -0.619. The summed E-state index contributed by atoms with van der Waals surface area (Å²) in [7, 11) is 0. The number of benzene rings is 9. The Kier molecular flexibility index (Phi) is 9.03. The molecule has 0 spiro atoms. The summed E-state index contributed by atoms with van der Waals surface area (Å²) in [6, 6.07) is 82.5. The SMILES string of the molecule is CC1(C)c2ccccc2-c2c1ccc1c2c2ccccc2n1-c1cccc(-c2nc(-c3ccccc3)nc(-c3cccc(C(c4ccccc4)(c4ccccc4)c4ccccc4)c3)n2)c1. The van der Waals surface area contributed by atoms with Crippen LogP contribution in [0.2, 0.25) is 0 Å². The molecule has 11 aromatic rings. The van der Waals surface area contributed by atoms with Crippen molar-refractivity contribution in [2.45, 2.75) is 24.7 Å². The van der Waals surface area contributed by atoms with Gasteiger partial charge in [-0.2, -0.15) is 0 Å². The van der Waals surface area contributed by atoms with Crippen LogP contribution < -0.4 is 0 Å². The second-order valence-corrected chi connectivity index (χ2v) is 17.6. The summed E-state index contributed by atoms with van der Waals surface area (Å²) < 4.78 is 2.41. The maximum Gasteiger partial charge on any atom is 0.164 e. The van der Waals surface area contributed by atoms with Gasteiger partial charge in [-0.3, -0.25) is 0 Å². The van der Waals surface area contributed by atoms with Gasteiger partial charge in [-0.05, 0) is 74.8 Å². The standard InChI is InChI=1S/C61H44N4/c1-60(2)51-35-17-15-33-49(51)55-52(60)37-38-54-56(55)50-34-16-18-36-53(50)65(54)48-32-20-24-43(40-48)59-63-57(41-21-7-3-8-22-41)62-58(64-59)42-23-19-31-47(39-42)61(44-25-9-4-10-26-44,45-27-11-5-12-28-45)46-29-13-6-14-30-46/h3-40H,1-2H3. The second kappa shape index (κ2) is 15.3. The van der Waals surface area contributed by atoms with Crippen LogP contribution in [0.25, 0.3) is 72.8 Å². The molecule has 1 aliphatic carbocycles. The topological polar surface area (TPSA) is 43.6 Å². The van der Waals surface area contributed by atoms with Crippen molar-refractivity contribution in [3.05, 3.63) is 264 Å². The molecular formula is C61H44N4. The van der Waals surface area contributed by atoms with Crippen molar-refractivity contribution >= 4 is 21.8 Å². The Bertz CT molecular complexity index is 3460. The summed E-state index contributed by atoms with van der Waals surface area (Å²) in [6.45, 7) is 4.70. The van der Waals surface area contributed by atoms with E-state index >= 15 is 0 Å². The first-order valence-corrected chi connectivity index (χ1v) is 22.4. The Morgan fingerprint density at radius 2 is 0.877 bits per heavy atom. The minimum Gasteiger partial charge on any atom is -0.309 e. The number of nitrogens with zero attached hydrogens (tertiary/aromatic N) is 4. The molecule has 0 radical (unpaired) electrons. The molecule has 4 heteroatoms. The van der Waals surface area contributed by atoms with Gasteiger partial charge in [0.25, 0.3) is 0 Å². The van der Waals surface area contributed by atoms with Gasteiger partial charge >= 0.3 is 0 Å². The van der Waals surface area contributed by atoms with E-state index in [1.807, 2.05) is 18.2 Å². The van der Waals surface area contributed by atoms with Gasteiger partial charge in [0.05, 0.1) is 16.4 Å². The molecule has 0 amide bonds. The van der Waals surface area contributed by atoms with Gasteiger partial charge in [-0.15, -0.1) is 0 Å². The fraction of sp³-hybridized carbons (Fsp3) is 0.0656. The number of aromatic nitrogens is 4. The smallest absolute Gasteiger partial charge is 0.164 e. The molecule has 2 heterocycles. The van der Waals surface area contributed by atoms with E-state index < -0.39 is 5.41 Å². The van der Waals surface area contributed by atoms with E-state index in [-0.39, 0.29) is 5.41 Å². The first-order chi connectivity index (χ1) is 32.0. The Hall–Kier alpha value is -8.21. The maximum absolute atomic E-state index is 5.34. The average Bonchev–Trinajstić information content (AvgIpc) is 3.84. The summed E-state index contributed by atoms with van der Waals surface area (Å²) >= 11 is 0. The number of fused-ring (bicyclic) bond motifs is 7. The number of rotatable bonds is 8. The van der Waals surface area contributed by atoms with Crippen molar-refractivity contribution in [3.63, 3.8) is 0 Å². The van der Waals surface area contributed by atoms with E-state index in [0.717, 1.165) is 33.5 Å². The molecule has 0 unspecified atom stereocenters. The van der Waals surface area contributed by atoms with Gasteiger partial charge < -0.3 is 4.57 Å². The van der Waals surface area contributed by atoms with Crippen LogP contribution in [0, 0.1) is 0 Å². The van der Waals surface area contributed by atoms with Gasteiger partial charge in [0.15, 0.2) is 17.5 Å². The zero-order valence-electron chi connectivity index (χ0n) is 36.2. The third-order valence-electron chi connectivity index (χ3n) is 13.6. The van der Waals surface area contributed by atoms with Crippen LogP contribution in [0.5, 0.6) is 0 Å².